The number of unbranched alkanes of at least 4 members (excludes halogenated alkanes) is 1. The summed E-state index contributed by atoms with van der Waals surface area (Å²) in [5, 5.41) is 16.0. The van der Waals surface area contributed by atoms with E-state index in [1.165, 1.54) is 0 Å². The van der Waals surface area contributed by atoms with Gasteiger partial charge in [-0.1, -0.05) is 13.3 Å². The Balaban J connectivity index is 4.45. The van der Waals surface area contributed by atoms with Gasteiger partial charge in [0.2, 0.25) is 0 Å². The second kappa shape index (κ2) is 7.05. The van der Waals surface area contributed by atoms with E-state index in [1.54, 1.807) is 0 Å². The molecule has 0 heterocycles. The van der Waals surface area contributed by atoms with E-state index >= 15 is 0 Å². The highest BCUT2D eigenvalue weighted by Gasteiger charge is 2.13. The summed E-state index contributed by atoms with van der Waals surface area (Å²) in [6, 6.07) is 0. The van der Waals surface area contributed by atoms with Crippen LogP contribution in [-0.2, 0) is 19.4 Å². The Bertz CT molecular complexity index is 232. The first kappa shape index (κ1) is 12.6. The Kier molecular flexibility index (Phi) is 6.34. The van der Waals surface area contributed by atoms with E-state index in [2.05, 4.69) is 9.78 Å². The lowest BCUT2D eigenvalue weighted by Crippen LogP contribution is -2.08. The summed E-state index contributed by atoms with van der Waals surface area (Å²) in [6.45, 7) is 1.90. The third kappa shape index (κ3) is 4.58. The molecule has 14 heavy (non-hydrogen) atoms. The van der Waals surface area contributed by atoms with E-state index in [1.807, 2.05) is 6.92 Å². The van der Waals surface area contributed by atoms with Crippen LogP contribution in [0.1, 0.15) is 26.2 Å². The van der Waals surface area contributed by atoms with Crippen molar-refractivity contribution < 1.29 is 29.9 Å². The fourth-order valence-electron chi connectivity index (χ4n) is 0.828. The van der Waals surface area contributed by atoms with Crippen LogP contribution in [0.2, 0.25) is 0 Å². The molecule has 0 aliphatic heterocycles. The van der Waals surface area contributed by atoms with Crippen molar-refractivity contribution >= 4 is 11.9 Å². The molecule has 0 saturated heterocycles. The standard InChI is InChI=1S/C8H12O6/c1-2-3-4-6(8(10)14-12)5-7(9)13-11/h5,11-12H,2-4H2,1H3/b6-5-. The number of hydrogen-bond acceptors (Lipinski definition) is 6. The van der Waals surface area contributed by atoms with Crippen LogP contribution in [0.4, 0.5) is 0 Å². The van der Waals surface area contributed by atoms with Crippen molar-refractivity contribution in [2.45, 2.75) is 26.2 Å². The first-order valence-electron chi connectivity index (χ1n) is 4.07. The third-order valence-electron chi connectivity index (χ3n) is 1.53. The molecule has 0 fully saturated rings. The van der Waals surface area contributed by atoms with Gasteiger partial charge in [-0.05, 0) is 12.8 Å². The average Bonchev–Trinajstić information content (AvgIpc) is 2.22. The Morgan fingerprint density at radius 3 is 2.36 bits per heavy atom. The molecule has 6 heteroatoms. The van der Waals surface area contributed by atoms with Crippen molar-refractivity contribution in [2.24, 2.45) is 0 Å². The highest BCUT2D eigenvalue weighted by molar-refractivity contribution is 5.95. The summed E-state index contributed by atoms with van der Waals surface area (Å²) in [7, 11) is 0. The van der Waals surface area contributed by atoms with E-state index in [0.717, 1.165) is 12.5 Å². The first-order chi connectivity index (χ1) is 6.65. The molecular formula is C8H12O6. The second-order valence-electron chi connectivity index (χ2n) is 2.56. The number of carbonyl (C=O) groups excluding carboxylic acids is 2. The van der Waals surface area contributed by atoms with Gasteiger partial charge >= 0.3 is 11.9 Å². The zero-order valence-corrected chi connectivity index (χ0v) is 7.73. The van der Waals surface area contributed by atoms with Crippen LogP contribution in [0.15, 0.2) is 11.6 Å². The summed E-state index contributed by atoms with van der Waals surface area (Å²) < 4.78 is 0. The summed E-state index contributed by atoms with van der Waals surface area (Å²) in [5.74, 6) is -2.11. The van der Waals surface area contributed by atoms with Crippen LogP contribution in [0.25, 0.3) is 0 Å². The molecule has 6 nitrogen and oxygen atoms in total. The summed E-state index contributed by atoms with van der Waals surface area (Å²) >= 11 is 0. The Labute approximate surface area is 80.6 Å². The minimum absolute atomic E-state index is 0.0478. The summed E-state index contributed by atoms with van der Waals surface area (Å²) in [5.41, 5.74) is -0.0478. The van der Waals surface area contributed by atoms with E-state index in [9.17, 15) is 9.59 Å². The molecule has 0 radical (unpaired) electrons. The van der Waals surface area contributed by atoms with Gasteiger partial charge < -0.3 is 0 Å². The maximum absolute atomic E-state index is 10.8. The SMILES string of the molecule is CCCC/C(=C/C(=O)OO)C(=O)OO. The lowest BCUT2D eigenvalue weighted by molar-refractivity contribution is -0.231. The van der Waals surface area contributed by atoms with Gasteiger partial charge in [0.25, 0.3) is 0 Å². The van der Waals surface area contributed by atoms with Crippen LogP contribution in [0, 0.1) is 0 Å². The topological polar surface area (TPSA) is 93.1 Å². The monoisotopic (exact) mass is 204 g/mol. The molecule has 0 unspecified atom stereocenters. The molecule has 2 N–H and O–H groups in total. The molecule has 0 aliphatic rings. The second-order valence-corrected chi connectivity index (χ2v) is 2.56. The molecular weight excluding hydrogens is 192 g/mol. The zero-order valence-electron chi connectivity index (χ0n) is 7.73. The minimum atomic E-state index is -1.08. The molecule has 0 bridgehead atoms. The van der Waals surface area contributed by atoms with Gasteiger partial charge in [-0.2, -0.15) is 10.5 Å². The van der Waals surface area contributed by atoms with Crippen LogP contribution in [-0.4, -0.2) is 22.5 Å². The maximum atomic E-state index is 10.8. The van der Waals surface area contributed by atoms with Gasteiger partial charge in [-0.15, -0.1) is 0 Å². The highest BCUT2D eigenvalue weighted by Crippen LogP contribution is 2.09. The quantitative estimate of drug-likeness (QED) is 0.396. The number of carbonyl (C=O) groups is 2. The molecule has 0 aromatic heterocycles. The lowest BCUT2D eigenvalue weighted by atomic mass is 10.1. The minimum Gasteiger partial charge on any atom is -0.296 e. The van der Waals surface area contributed by atoms with Crippen LogP contribution < -0.4 is 0 Å². The smallest absolute Gasteiger partial charge is 0.296 e. The fraction of sp³-hybridized carbons (Fsp3) is 0.500. The molecule has 0 aromatic rings. The Morgan fingerprint density at radius 2 is 1.93 bits per heavy atom. The van der Waals surface area contributed by atoms with Crippen molar-refractivity contribution in [1.29, 1.82) is 0 Å². The van der Waals surface area contributed by atoms with Crippen LogP contribution in [0.3, 0.4) is 0 Å². The molecule has 0 rings (SSSR count). The molecule has 0 amide bonds. The summed E-state index contributed by atoms with van der Waals surface area (Å²) in [4.78, 5) is 28.2. The number of hydrogen-bond donors (Lipinski definition) is 2. The fourth-order valence-corrected chi connectivity index (χ4v) is 0.828. The predicted octanol–water partition coefficient (Wildman–Crippen LogP) is 1.14. The van der Waals surface area contributed by atoms with Gasteiger partial charge in [0.15, 0.2) is 0 Å². The van der Waals surface area contributed by atoms with Crippen molar-refractivity contribution in [3.8, 4) is 0 Å². The lowest BCUT2D eigenvalue weighted by Gasteiger charge is -2.01. The highest BCUT2D eigenvalue weighted by atomic mass is 17.1. The normalized spacial score (nSPS) is 10.9. The van der Waals surface area contributed by atoms with E-state index < -0.39 is 11.9 Å². The zero-order chi connectivity index (χ0) is 11.0. The first-order valence-corrected chi connectivity index (χ1v) is 4.07. The van der Waals surface area contributed by atoms with Crippen molar-refractivity contribution in [3.05, 3.63) is 11.6 Å². The molecule has 0 atom stereocenters. The van der Waals surface area contributed by atoms with Crippen LogP contribution >= 0.6 is 0 Å². The van der Waals surface area contributed by atoms with Crippen molar-refractivity contribution in [2.75, 3.05) is 0 Å². The third-order valence-corrected chi connectivity index (χ3v) is 1.53. The molecule has 80 valence electrons. The van der Waals surface area contributed by atoms with Gasteiger partial charge in [0, 0.05) is 11.6 Å². The van der Waals surface area contributed by atoms with Gasteiger partial charge in [0.1, 0.15) is 0 Å². The van der Waals surface area contributed by atoms with Crippen molar-refractivity contribution in [3.63, 3.8) is 0 Å². The molecule has 0 saturated carbocycles. The van der Waals surface area contributed by atoms with Crippen molar-refractivity contribution in [1.82, 2.24) is 0 Å². The maximum Gasteiger partial charge on any atom is 0.369 e. The predicted molar refractivity (Wildman–Crippen MR) is 45.0 cm³/mol. The Morgan fingerprint density at radius 1 is 1.29 bits per heavy atom. The van der Waals surface area contributed by atoms with E-state index in [4.69, 9.17) is 10.5 Å². The number of rotatable bonds is 5. The van der Waals surface area contributed by atoms with E-state index in [-0.39, 0.29) is 12.0 Å². The largest absolute Gasteiger partial charge is 0.369 e. The molecule has 0 aromatic carbocycles. The van der Waals surface area contributed by atoms with Gasteiger partial charge in [-0.3, -0.25) is 9.78 Å². The summed E-state index contributed by atoms with van der Waals surface area (Å²) in [6.07, 6.45) is 2.50. The van der Waals surface area contributed by atoms with E-state index in [0.29, 0.717) is 6.42 Å². The van der Waals surface area contributed by atoms with Gasteiger partial charge in [0.05, 0.1) is 0 Å². The Hall–Kier alpha value is -1.40. The van der Waals surface area contributed by atoms with Crippen LogP contribution in [0.5, 0.6) is 0 Å². The average molecular weight is 204 g/mol. The molecule has 0 spiro atoms. The van der Waals surface area contributed by atoms with Gasteiger partial charge in [-0.25, -0.2) is 9.59 Å². The molecule has 0 aliphatic carbocycles.